The summed E-state index contributed by atoms with van der Waals surface area (Å²) >= 11 is 1.30. The van der Waals surface area contributed by atoms with Crippen LogP contribution < -0.4 is 20.3 Å². The van der Waals surface area contributed by atoms with Crippen molar-refractivity contribution >= 4 is 50.6 Å². The summed E-state index contributed by atoms with van der Waals surface area (Å²) in [6.07, 6.45) is 7.53. The molecule has 0 aromatic carbocycles. The van der Waals surface area contributed by atoms with Gasteiger partial charge in [-0.3, -0.25) is 14.7 Å². The van der Waals surface area contributed by atoms with Crippen LogP contribution in [0.4, 0.5) is 21.9 Å². The molecule has 0 bridgehead atoms. The van der Waals surface area contributed by atoms with Crippen LogP contribution in [0.2, 0.25) is 0 Å². The number of aromatic nitrogens is 3. The average molecular weight is 501 g/mol. The Kier molecular flexibility index (Phi) is 5.52. The third kappa shape index (κ3) is 3.93. The summed E-state index contributed by atoms with van der Waals surface area (Å²) in [6, 6.07) is 8.83. The first-order valence-corrected chi connectivity index (χ1v) is 12.7. The molecule has 0 saturated heterocycles. The lowest BCUT2D eigenvalue weighted by Gasteiger charge is -2.29. The minimum Gasteiger partial charge on any atom is -0.437 e. The number of hydrogen-bond donors (Lipinski definition) is 2. The Labute approximate surface area is 211 Å². The number of aryl methyl sites for hydroxylation is 2. The maximum Gasteiger partial charge on any atom is 0.331 e. The summed E-state index contributed by atoms with van der Waals surface area (Å²) in [5.74, 6) is 0.823. The van der Waals surface area contributed by atoms with Gasteiger partial charge < -0.3 is 15.4 Å². The molecule has 4 aromatic rings. The molecule has 4 aromatic heterocycles. The summed E-state index contributed by atoms with van der Waals surface area (Å²) in [5.41, 5.74) is 3.31. The number of rotatable bonds is 5. The van der Waals surface area contributed by atoms with E-state index >= 15 is 0 Å². The van der Waals surface area contributed by atoms with Gasteiger partial charge in [0, 0.05) is 24.0 Å². The highest BCUT2D eigenvalue weighted by Gasteiger charge is 2.34. The predicted octanol–water partition coefficient (Wildman–Crippen LogP) is 5.85. The molecule has 1 aliphatic heterocycles. The highest BCUT2D eigenvalue weighted by Crippen LogP contribution is 2.46. The maximum absolute atomic E-state index is 13.4. The fourth-order valence-corrected chi connectivity index (χ4v) is 5.79. The van der Waals surface area contributed by atoms with Crippen molar-refractivity contribution in [3.8, 4) is 11.6 Å². The first-order valence-electron chi connectivity index (χ1n) is 11.9. The van der Waals surface area contributed by atoms with E-state index in [9.17, 15) is 9.59 Å². The number of nitrogens with one attached hydrogen (secondary N) is 2. The Morgan fingerprint density at radius 1 is 1.11 bits per heavy atom. The third-order valence-corrected chi connectivity index (χ3v) is 7.62. The van der Waals surface area contributed by atoms with Crippen LogP contribution in [0.1, 0.15) is 46.7 Å². The minimum atomic E-state index is -0.357. The number of hydrogen-bond acceptors (Lipinski definition) is 7. The lowest BCUT2D eigenvalue weighted by molar-refractivity contribution is 0.0943. The zero-order chi connectivity index (χ0) is 24.8. The van der Waals surface area contributed by atoms with Crippen molar-refractivity contribution in [2.45, 2.75) is 45.6 Å². The van der Waals surface area contributed by atoms with Crippen LogP contribution in [0.5, 0.6) is 11.6 Å². The molecule has 36 heavy (non-hydrogen) atoms. The van der Waals surface area contributed by atoms with E-state index in [2.05, 4.69) is 25.6 Å². The molecule has 1 aliphatic carbocycles. The predicted molar refractivity (Wildman–Crippen MR) is 139 cm³/mol. The SMILES string of the molecule is Cc1ccc(Oc2ccc(N3C(=O)Nc4c(C(=O)NC5CCCC5)sc5nccc3c45)c(C)n2)cn1. The van der Waals surface area contributed by atoms with Crippen LogP contribution in [-0.4, -0.2) is 32.9 Å². The quantitative estimate of drug-likeness (QED) is 0.356. The highest BCUT2D eigenvalue weighted by atomic mass is 32.1. The first-order chi connectivity index (χ1) is 17.5. The topological polar surface area (TPSA) is 109 Å². The molecule has 6 rings (SSSR count). The Bertz CT molecular complexity index is 1490. The van der Waals surface area contributed by atoms with Crippen LogP contribution in [0.3, 0.4) is 0 Å². The molecule has 1 saturated carbocycles. The lowest BCUT2D eigenvalue weighted by Crippen LogP contribution is -2.36. The van der Waals surface area contributed by atoms with E-state index in [4.69, 9.17) is 4.74 Å². The Hall–Kier alpha value is -4.05. The molecule has 2 N–H and O–H groups in total. The molecule has 3 amide bonds. The van der Waals surface area contributed by atoms with Crippen molar-refractivity contribution in [1.29, 1.82) is 0 Å². The summed E-state index contributed by atoms with van der Waals surface area (Å²) in [5, 5.41) is 6.82. The Morgan fingerprint density at radius 2 is 1.94 bits per heavy atom. The number of nitrogens with zero attached hydrogens (tertiary/aromatic N) is 4. The van der Waals surface area contributed by atoms with Gasteiger partial charge >= 0.3 is 6.03 Å². The van der Waals surface area contributed by atoms with Gasteiger partial charge in [-0.15, -0.1) is 11.3 Å². The maximum atomic E-state index is 13.4. The Balaban J connectivity index is 1.34. The van der Waals surface area contributed by atoms with Gasteiger partial charge in [-0.05, 0) is 51.0 Å². The zero-order valence-corrected chi connectivity index (χ0v) is 20.7. The smallest absolute Gasteiger partial charge is 0.331 e. The second kappa shape index (κ2) is 8.87. The zero-order valence-electron chi connectivity index (χ0n) is 19.9. The number of thiophene rings is 1. The lowest BCUT2D eigenvalue weighted by atomic mass is 10.1. The average Bonchev–Trinajstić information content (AvgIpc) is 3.50. The van der Waals surface area contributed by atoms with Crippen LogP contribution in [-0.2, 0) is 0 Å². The van der Waals surface area contributed by atoms with Gasteiger partial charge in [0.15, 0.2) is 0 Å². The number of ether oxygens (including phenoxy) is 1. The van der Waals surface area contributed by atoms with Crippen molar-refractivity contribution in [2.24, 2.45) is 0 Å². The van der Waals surface area contributed by atoms with Crippen molar-refractivity contribution in [3.05, 3.63) is 59.0 Å². The van der Waals surface area contributed by atoms with Crippen LogP contribution >= 0.6 is 11.3 Å². The number of urea groups is 1. The molecule has 182 valence electrons. The molecule has 0 atom stereocenters. The molecule has 1 fully saturated rings. The van der Waals surface area contributed by atoms with Crippen LogP contribution in [0.15, 0.2) is 42.7 Å². The number of anilines is 3. The largest absolute Gasteiger partial charge is 0.437 e. The number of carbonyl (C=O) groups excluding carboxylic acids is 2. The second-order valence-electron chi connectivity index (χ2n) is 9.03. The molecule has 2 aliphatic rings. The van der Waals surface area contributed by atoms with E-state index in [1.807, 2.05) is 26.0 Å². The molecule has 0 radical (unpaired) electrons. The molecule has 0 spiro atoms. The van der Waals surface area contributed by atoms with Crippen molar-refractivity contribution in [1.82, 2.24) is 20.3 Å². The monoisotopic (exact) mass is 500 g/mol. The first kappa shape index (κ1) is 22.4. The van der Waals surface area contributed by atoms with Crippen molar-refractivity contribution < 1.29 is 14.3 Å². The summed E-state index contributed by atoms with van der Waals surface area (Å²) < 4.78 is 5.84. The highest BCUT2D eigenvalue weighted by molar-refractivity contribution is 7.21. The van der Waals surface area contributed by atoms with E-state index in [1.165, 1.54) is 11.3 Å². The van der Waals surface area contributed by atoms with E-state index in [-0.39, 0.29) is 18.0 Å². The van der Waals surface area contributed by atoms with Gasteiger partial charge in [-0.25, -0.2) is 14.8 Å². The number of carbonyl (C=O) groups is 2. The van der Waals surface area contributed by atoms with Crippen LogP contribution in [0.25, 0.3) is 10.2 Å². The second-order valence-corrected chi connectivity index (χ2v) is 10.0. The number of pyridine rings is 3. The molecule has 10 heteroatoms. The van der Waals surface area contributed by atoms with Crippen molar-refractivity contribution in [3.63, 3.8) is 0 Å². The van der Waals surface area contributed by atoms with Gasteiger partial charge in [0.1, 0.15) is 15.5 Å². The van der Waals surface area contributed by atoms with Gasteiger partial charge in [-0.1, -0.05) is 12.8 Å². The van der Waals surface area contributed by atoms with Gasteiger partial charge in [0.05, 0.1) is 34.3 Å². The fourth-order valence-electron chi connectivity index (χ4n) is 4.76. The van der Waals surface area contributed by atoms with E-state index in [1.54, 1.807) is 35.5 Å². The van der Waals surface area contributed by atoms with Gasteiger partial charge in [0.25, 0.3) is 5.91 Å². The fraction of sp³-hybridized carbons (Fsp3) is 0.269. The van der Waals surface area contributed by atoms with Crippen molar-refractivity contribution in [2.75, 3.05) is 10.2 Å². The molecular weight excluding hydrogens is 476 g/mol. The van der Waals surface area contributed by atoms with E-state index < -0.39 is 0 Å². The molecule has 9 nitrogen and oxygen atoms in total. The summed E-state index contributed by atoms with van der Waals surface area (Å²) in [4.78, 5) is 42.5. The standard InChI is InChI=1S/C26H24N6O3S/c1-14-7-8-17(13-28-14)35-20-10-9-18(15(2)29-20)32-19-11-12-27-25-21(19)22(31-26(32)34)23(36-25)24(33)30-16-5-3-4-6-16/h7-13,16H,3-6H2,1-2H3,(H,30,33)(H,31,34). The normalized spacial score (nSPS) is 15.3. The van der Waals surface area contributed by atoms with E-state index in [0.29, 0.717) is 44.1 Å². The minimum absolute atomic E-state index is 0.162. The number of amides is 3. The third-order valence-electron chi connectivity index (χ3n) is 6.52. The van der Waals surface area contributed by atoms with E-state index in [0.717, 1.165) is 36.8 Å². The van der Waals surface area contributed by atoms with Crippen LogP contribution in [0, 0.1) is 13.8 Å². The molecular formula is C26H24N6O3S. The summed E-state index contributed by atoms with van der Waals surface area (Å²) in [7, 11) is 0. The Morgan fingerprint density at radius 3 is 2.69 bits per heavy atom. The molecule has 0 unspecified atom stereocenters. The summed E-state index contributed by atoms with van der Waals surface area (Å²) in [6.45, 7) is 3.73. The van der Waals surface area contributed by atoms with Gasteiger partial charge in [-0.2, -0.15) is 0 Å². The van der Waals surface area contributed by atoms with Gasteiger partial charge in [0.2, 0.25) is 5.88 Å². The molecule has 5 heterocycles.